The van der Waals surface area contributed by atoms with Crippen LogP contribution in [0, 0.1) is 13.8 Å². The Hall–Kier alpha value is -3.67. The number of hydrogen-bond donors (Lipinski definition) is 0. The van der Waals surface area contributed by atoms with E-state index < -0.39 is 11.6 Å². The van der Waals surface area contributed by atoms with Crippen LogP contribution in [0.5, 0.6) is 0 Å². The van der Waals surface area contributed by atoms with Crippen molar-refractivity contribution >= 4 is 22.6 Å². The molecule has 0 fully saturated rings. The number of para-hydroxylation sites is 1. The average molecular weight is 483 g/mol. The summed E-state index contributed by atoms with van der Waals surface area (Å²) < 4.78 is 8.74. The summed E-state index contributed by atoms with van der Waals surface area (Å²) in [6.07, 6.45) is 0.707. The fourth-order valence-corrected chi connectivity index (χ4v) is 5.80. The van der Waals surface area contributed by atoms with Gasteiger partial charge in [0.05, 0.1) is 11.4 Å². The van der Waals surface area contributed by atoms with Crippen LogP contribution in [0.1, 0.15) is 72.1 Å². The highest BCUT2D eigenvalue weighted by atomic mass is 16.6. The maximum Gasteiger partial charge on any atom is 0.360 e. The van der Waals surface area contributed by atoms with Gasteiger partial charge < -0.3 is 14.2 Å². The number of aryl methyl sites for hydroxylation is 3. The molecule has 0 saturated carbocycles. The second-order valence-electron chi connectivity index (χ2n) is 9.32. The summed E-state index contributed by atoms with van der Waals surface area (Å²) in [6, 6.07) is 16.7. The van der Waals surface area contributed by atoms with E-state index in [9.17, 15) is 4.79 Å². The van der Waals surface area contributed by atoms with Gasteiger partial charge in [-0.1, -0.05) is 37.3 Å². The molecule has 1 aliphatic heterocycles. The normalized spacial score (nSPS) is 16.9. The molecule has 6 heteroatoms. The lowest BCUT2D eigenvalue weighted by Crippen LogP contribution is -2.32. The molecule has 1 unspecified atom stereocenters. The molecule has 0 amide bonds. The molecule has 0 aliphatic carbocycles. The minimum absolute atomic E-state index is 0.318. The summed E-state index contributed by atoms with van der Waals surface area (Å²) >= 11 is 0. The molecule has 0 radical (unpaired) electrons. The van der Waals surface area contributed by atoms with Crippen LogP contribution >= 0.6 is 0 Å². The van der Waals surface area contributed by atoms with E-state index in [0.29, 0.717) is 17.8 Å². The van der Waals surface area contributed by atoms with E-state index in [2.05, 4.69) is 79.6 Å². The van der Waals surface area contributed by atoms with Crippen molar-refractivity contribution in [1.29, 1.82) is 0 Å². The Kier molecular flexibility index (Phi) is 6.07. The number of anilines is 1. The average Bonchev–Trinajstić information content (AvgIpc) is 3.34. The summed E-state index contributed by atoms with van der Waals surface area (Å²) in [6.45, 7) is 15.2. The molecular weight excluding hydrogens is 448 g/mol. The Morgan fingerprint density at radius 2 is 1.64 bits per heavy atom. The van der Waals surface area contributed by atoms with Crippen molar-refractivity contribution in [1.82, 2.24) is 14.5 Å². The molecule has 4 aromatic rings. The third kappa shape index (κ3) is 3.34. The Balaban J connectivity index is 1.87. The number of carbonyl (C=O) groups is 1. The van der Waals surface area contributed by atoms with Crippen LogP contribution < -0.4 is 4.90 Å². The van der Waals surface area contributed by atoms with Gasteiger partial charge in [-0.2, -0.15) is 0 Å². The molecule has 2 aromatic carbocycles. The van der Waals surface area contributed by atoms with Crippen molar-refractivity contribution in [2.24, 2.45) is 0 Å². The smallest absolute Gasteiger partial charge is 0.360 e. The van der Waals surface area contributed by atoms with Gasteiger partial charge in [-0.05, 0) is 59.2 Å². The van der Waals surface area contributed by atoms with Gasteiger partial charge in [0.2, 0.25) is 5.60 Å². The third-order valence-corrected chi connectivity index (χ3v) is 7.58. The number of carbonyl (C=O) groups excluding carboxylic acids is 1. The summed E-state index contributed by atoms with van der Waals surface area (Å²) in [5.74, 6) is -0.423. The SMILES string of the molecule is CCc1nc2c(nc1C)C(c1ccc(N(CC)CC)cc1)(c1c(C)n(CC)c3ccccc13)OC2=O. The Labute approximate surface area is 212 Å². The molecule has 0 bridgehead atoms. The zero-order valence-corrected chi connectivity index (χ0v) is 22.1. The molecule has 186 valence electrons. The molecule has 0 spiro atoms. The maximum atomic E-state index is 13.5. The zero-order valence-electron chi connectivity index (χ0n) is 22.1. The molecule has 2 aromatic heterocycles. The quantitative estimate of drug-likeness (QED) is 0.305. The molecule has 3 heterocycles. The van der Waals surface area contributed by atoms with Gasteiger partial charge >= 0.3 is 5.97 Å². The zero-order chi connectivity index (χ0) is 25.6. The van der Waals surface area contributed by atoms with Crippen molar-refractivity contribution in [3.63, 3.8) is 0 Å². The first-order valence-electron chi connectivity index (χ1n) is 13.0. The standard InChI is InChI=1S/C30H34N4O2/c1-7-24-19(5)31-28-27(32-24)29(35)36-30(28,21-15-17-22(18-16-21)33(8-2)9-3)26-20(6)34(10-4)25-14-12-11-13-23(25)26/h11-18H,7-10H2,1-6H3. The molecule has 0 N–H and O–H groups in total. The number of aromatic nitrogens is 3. The number of esters is 1. The van der Waals surface area contributed by atoms with Crippen LogP contribution in [0.2, 0.25) is 0 Å². The largest absolute Gasteiger partial charge is 0.438 e. The molecule has 1 aliphatic rings. The predicted molar refractivity (Wildman–Crippen MR) is 144 cm³/mol. The summed E-state index contributed by atoms with van der Waals surface area (Å²) in [7, 11) is 0. The van der Waals surface area contributed by atoms with Crippen molar-refractivity contribution in [3.05, 3.63) is 88.1 Å². The number of nitrogens with zero attached hydrogens (tertiary/aromatic N) is 4. The summed E-state index contributed by atoms with van der Waals surface area (Å²) in [5.41, 5.74) is 6.53. The van der Waals surface area contributed by atoms with Gasteiger partial charge in [0.15, 0.2) is 5.69 Å². The van der Waals surface area contributed by atoms with E-state index in [1.54, 1.807) is 0 Å². The highest BCUT2D eigenvalue weighted by Gasteiger charge is 2.53. The van der Waals surface area contributed by atoms with Gasteiger partial charge in [0, 0.05) is 53.0 Å². The minimum Gasteiger partial charge on any atom is -0.438 e. The first-order chi connectivity index (χ1) is 17.4. The predicted octanol–water partition coefficient (Wildman–Crippen LogP) is 5.94. The highest BCUT2D eigenvalue weighted by Crippen LogP contribution is 2.50. The van der Waals surface area contributed by atoms with E-state index in [1.165, 1.54) is 0 Å². The Bertz CT molecular complexity index is 1450. The monoisotopic (exact) mass is 482 g/mol. The van der Waals surface area contributed by atoms with Crippen molar-refractivity contribution in [2.75, 3.05) is 18.0 Å². The fourth-order valence-electron chi connectivity index (χ4n) is 5.80. The van der Waals surface area contributed by atoms with Gasteiger partial charge in [0.1, 0.15) is 5.69 Å². The topological polar surface area (TPSA) is 60.3 Å². The van der Waals surface area contributed by atoms with Crippen LogP contribution in [0.15, 0.2) is 48.5 Å². The lowest BCUT2D eigenvalue weighted by atomic mass is 9.81. The molecule has 5 rings (SSSR count). The van der Waals surface area contributed by atoms with Crippen LogP contribution in [-0.4, -0.2) is 33.6 Å². The summed E-state index contributed by atoms with van der Waals surface area (Å²) in [4.78, 5) is 25.5. The third-order valence-electron chi connectivity index (χ3n) is 7.58. The second kappa shape index (κ2) is 9.08. The highest BCUT2D eigenvalue weighted by molar-refractivity contribution is 5.96. The van der Waals surface area contributed by atoms with E-state index in [0.717, 1.165) is 64.4 Å². The first kappa shape index (κ1) is 24.0. The van der Waals surface area contributed by atoms with Gasteiger partial charge in [0.25, 0.3) is 0 Å². The number of cyclic esters (lactones) is 1. The van der Waals surface area contributed by atoms with Crippen molar-refractivity contribution in [2.45, 2.75) is 60.1 Å². The fraction of sp³-hybridized carbons (Fsp3) is 0.367. The number of benzene rings is 2. The van der Waals surface area contributed by atoms with Crippen LogP contribution in [0.25, 0.3) is 10.9 Å². The molecule has 1 atom stereocenters. The molecular formula is C30H34N4O2. The Morgan fingerprint density at radius 3 is 2.28 bits per heavy atom. The van der Waals surface area contributed by atoms with E-state index in [4.69, 9.17) is 14.7 Å². The van der Waals surface area contributed by atoms with Gasteiger partial charge in [-0.25, -0.2) is 14.8 Å². The second-order valence-corrected chi connectivity index (χ2v) is 9.32. The Morgan fingerprint density at radius 1 is 0.944 bits per heavy atom. The van der Waals surface area contributed by atoms with Crippen LogP contribution in [0.3, 0.4) is 0 Å². The van der Waals surface area contributed by atoms with Gasteiger partial charge in [-0.15, -0.1) is 0 Å². The number of rotatable bonds is 7. The van der Waals surface area contributed by atoms with Crippen molar-refractivity contribution < 1.29 is 9.53 Å². The number of hydrogen-bond acceptors (Lipinski definition) is 5. The van der Waals surface area contributed by atoms with E-state index in [1.807, 2.05) is 19.9 Å². The lowest BCUT2D eigenvalue weighted by molar-refractivity contribution is 0.0242. The minimum atomic E-state index is -1.18. The van der Waals surface area contributed by atoms with Crippen molar-refractivity contribution in [3.8, 4) is 0 Å². The van der Waals surface area contributed by atoms with Crippen LogP contribution in [0.4, 0.5) is 5.69 Å². The molecule has 6 nitrogen and oxygen atoms in total. The van der Waals surface area contributed by atoms with E-state index >= 15 is 0 Å². The summed E-state index contributed by atoms with van der Waals surface area (Å²) in [5, 5.41) is 1.06. The number of ether oxygens (including phenoxy) is 1. The van der Waals surface area contributed by atoms with Gasteiger partial charge in [-0.3, -0.25) is 0 Å². The van der Waals surface area contributed by atoms with Crippen LogP contribution in [-0.2, 0) is 23.3 Å². The lowest BCUT2D eigenvalue weighted by Gasteiger charge is -2.30. The number of fused-ring (bicyclic) bond motifs is 2. The maximum absolute atomic E-state index is 13.5. The van der Waals surface area contributed by atoms with E-state index in [-0.39, 0.29) is 0 Å². The first-order valence-corrected chi connectivity index (χ1v) is 13.0. The molecule has 0 saturated heterocycles. The molecule has 36 heavy (non-hydrogen) atoms.